The van der Waals surface area contributed by atoms with Gasteiger partial charge in [0.15, 0.2) is 5.82 Å². The number of fused-ring (bicyclic) bond motifs is 5. The van der Waals surface area contributed by atoms with Gasteiger partial charge in [0.25, 0.3) is 0 Å². The molecule has 7 heteroatoms. The van der Waals surface area contributed by atoms with Gasteiger partial charge >= 0.3 is 0 Å². The van der Waals surface area contributed by atoms with E-state index in [1.807, 2.05) is 41.6 Å². The molecule has 5 heterocycles. The fourth-order valence-corrected chi connectivity index (χ4v) is 6.28. The Hall–Kier alpha value is -4.15. The van der Waals surface area contributed by atoms with Gasteiger partial charge in [0.2, 0.25) is 5.91 Å². The summed E-state index contributed by atoms with van der Waals surface area (Å²) in [4.78, 5) is 22.4. The summed E-state index contributed by atoms with van der Waals surface area (Å²) in [6, 6.07) is 18.4. The number of amides is 1. The molecule has 190 valence electrons. The Labute approximate surface area is 222 Å². The number of imidazole rings is 1. The van der Waals surface area contributed by atoms with E-state index in [2.05, 4.69) is 64.4 Å². The van der Waals surface area contributed by atoms with Gasteiger partial charge in [-0.15, -0.1) is 0 Å². The van der Waals surface area contributed by atoms with Gasteiger partial charge in [-0.1, -0.05) is 12.1 Å². The van der Waals surface area contributed by atoms with Crippen LogP contribution in [0.4, 0.5) is 5.69 Å². The van der Waals surface area contributed by atoms with Crippen LogP contribution in [0.25, 0.3) is 28.3 Å². The van der Waals surface area contributed by atoms with Gasteiger partial charge in [-0.2, -0.15) is 5.26 Å². The molecule has 3 aliphatic rings. The maximum absolute atomic E-state index is 13.2. The second kappa shape index (κ2) is 8.44. The number of nitriles is 1. The van der Waals surface area contributed by atoms with Crippen molar-refractivity contribution in [1.82, 2.24) is 19.0 Å². The molecule has 1 amide bonds. The average Bonchev–Trinajstić information content (AvgIpc) is 3.60. The largest absolute Gasteiger partial charge is 0.340 e. The van der Waals surface area contributed by atoms with Crippen molar-refractivity contribution in [2.75, 3.05) is 24.5 Å². The molecule has 1 unspecified atom stereocenters. The first-order chi connectivity index (χ1) is 18.4. The Morgan fingerprint density at radius 2 is 1.87 bits per heavy atom. The normalized spacial score (nSPS) is 18.8. The zero-order valence-electron chi connectivity index (χ0n) is 21.8. The molecule has 0 saturated carbocycles. The summed E-state index contributed by atoms with van der Waals surface area (Å²) in [5.74, 6) is 1.43. The van der Waals surface area contributed by atoms with Gasteiger partial charge in [0.1, 0.15) is 0 Å². The molecule has 2 aromatic heterocycles. The van der Waals surface area contributed by atoms with Crippen molar-refractivity contribution in [3.05, 3.63) is 78.2 Å². The minimum Gasteiger partial charge on any atom is -0.340 e. The van der Waals surface area contributed by atoms with Crippen LogP contribution < -0.4 is 4.90 Å². The maximum atomic E-state index is 13.2. The fraction of sp³-hybridized carbons (Fsp3) is 0.323. The summed E-state index contributed by atoms with van der Waals surface area (Å²) in [7, 11) is 0. The molecule has 0 bridgehead atoms. The highest BCUT2D eigenvalue weighted by Gasteiger charge is 2.44. The summed E-state index contributed by atoms with van der Waals surface area (Å²) in [5.41, 5.74) is 7.09. The molecule has 2 saturated heterocycles. The lowest BCUT2D eigenvalue weighted by atomic mass is 9.83. The Kier molecular flexibility index (Phi) is 5.11. The lowest BCUT2D eigenvalue weighted by Gasteiger charge is -2.47. The third kappa shape index (κ3) is 3.52. The zero-order chi connectivity index (χ0) is 26.0. The highest BCUT2D eigenvalue weighted by atomic mass is 16.2. The first-order valence-corrected chi connectivity index (χ1v) is 13.4. The molecule has 0 N–H and O–H groups in total. The number of carbonyl (C=O) groups excluding carboxylic acids is 1. The molecule has 38 heavy (non-hydrogen) atoms. The summed E-state index contributed by atoms with van der Waals surface area (Å²) in [6.45, 7) is 8.30. The Morgan fingerprint density at radius 1 is 1.05 bits per heavy atom. The van der Waals surface area contributed by atoms with Crippen molar-refractivity contribution in [3.8, 4) is 34.4 Å². The number of rotatable bonds is 4. The number of aromatic nitrogens is 3. The number of hydrogen-bond donors (Lipinski definition) is 0. The number of carbonyl (C=O) groups is 1. The minimum atomic E-state index is 0.0297. The SMILES string of the molecule is CC(C)(C1CC(=O)N(c2ccc3c(c2)Cn2cc(-c4ccc(C#N)cc4)cc2-c2nccn2-3)C1)N1CCC1. The minimum absolute atomic E-state index is 0.0297. The molecular weight excluding hydrogens is 472 g/mol. The molecule has 7 nitrogen and oxygen atoms in total. The molecule has 7 rings (SSSR count). The predicted molar refractivity (Wildman–Crippen MR) is 147 cm³/mol. The van der Waals surface area contributed by atoms with Crippen molar-refractivity contribution >= 4 is 11.6 Å². The van der Waals surface area contributed by atoms with E-state index in [4.69, 9.17) is 10.2 Å². The predicted octanol–water partition coefficient (Wildman–Crippen LogP) is 5.08. The van der Waals surface area contributed by atoms with Gasteiger partial charge in [0.05, 0.1) is 23.0 Å². The number of benzene rings is 2. The Bertz CT molecular complexity index is 1600. The van der Waals surface area contributed by atoms with Crippen LogP contribution in [-0.2, 0) is 11.3 Å². The van der Waals surface area contributed by atoms with E-state index in [1.54, 1.807) is 0 Å². The molecule has 0 spiro atoms. The van der Waals surface area contributed by atoms with Gasteiger partial charge in [-0.05, 0) is 80.9 Å². The van der Waals surface area contributed by atoms with E-state index < -0.39 is 0 Å². The van der Waals surface area contributed by atoms with Crippen LogP contribution in [0, 0.1) is 17.2 Å². The number of likely N-dealkylation sites (tertiary alicyclic amines) is 1. The van der Waals surface area contributed by atoms with E-state index in [0.29, 0.717) is 24.4 Å². The fourth-order valence-electron chi connectivity index (χ4n) is 6.28. The third-order valence-corrected chi connectivity index (χ3v) is 8.88. The number of nitrogens with zero attached hydrogens (tertiary/aromatic N) is 6. The summed E-state index contributed by atoms with van der Waals surface area (Å²) >= 11 is 0. The molecular formula is C31H30N6O. The standard InChI is InChI=1S/C31H30N6O/c1-31(2,35-11-3-12-35)25-16-29(38)37(20-25)26-8-9-27-24(14-26)19-34-18-23(22-6-4-21(17-32)5-7-22)15-28(34)30-33-10-13-36(27)30/h4-10,13-15,18,25H,3,11-12,16,19-20H2,1-2H3. The van der Waals surface area contributed by atoms with E-state index >= 15 is 0 Å². The van der Waals surface area contributed by atoms with Crippen LogP contribution in [0.2, 0.25) is 0 Å². The van der Waals surface area contributed by atoms with Crippen molar-refractivity contribution in [1.29, 1.82) is 5.26 Å². The van der Waals surface area contributed by atoms with Crippen LogP contribution in [0.3, 0.4) is 0 Å². The molecule has 0 aliphatic carbocycles. The van der Waals surface area contributed by atoms with Gasteiger partial charge in [-0.25, -0.2) is 4.98 Å². The molecule has 2 aromatic carbocycles. The van der Waals surface area contributed by atoms with E-state index in [-0.39, 0.29) is 11.4 Å². The molecule has 1 atom stereocenters. The van der Waals surface area contributed by atoms with E-state index in [9.17, 15) is 4.79 Å². The van der Waals surface area contributed by atoms with Crippen molar-refractivity contribution < 1.29 is 4.79 Å². The monoisotopic (exact) mass is 502 g/mol. The van der Waals surface area contributed by atoms with Gasteiger partial charge < -0.3 is 9.47 Å². The van der Waals surface area contributed by atoms with Crippen molar-refractivity contribution in [3.63, 3.8) is 0 Å². The summed E-state index contributed by atoms with van der Waals surface area (Å²) < 4.78 is 4.38. The quantitative estimate of drug-likeness (QED) is 0.344. The van der Waals surface area contributed by atoms with Crippen LogP contribution in [0.1, 0.15) is 37.8 Å². The first kappa shape index (κ1) is 23.0. The molecule has 3 aliphatic heterocycles. The average molecular weight is 503 g/mol. The summed E-state index contributed by atoms with van der Waals surface area (Å²) in [6.07, 6.45) is 7.85. The van der Waals surface area contributed by atoms with Gasteiger partial charge in [-0.3, -0.25) is 14.3 Å². The lowest BCUT2D eigenvalue weighted by molar-refractivity contribution is -0.117. The van der Waals surface area contributed by atoms with Crippen LogP contribution in [-0.4, -0.2) is 50.1 Å². The highest BCUT2D eigenvalue weighted by molar-refractivity contribution is 5.96. The first-order valence-electron chi connectivity index (χ1n) is 13.4. The molecule has 4 aromatic rings. The highest BCUT2D eigenvalue weighted by Crippen LogP contribution is 2.39. The maximum Gasteiger partial charge on any atom is 0.227 e. The molecule has 2 fully saturated rings. The van der Waals surface area contributed by atoms with E-state index in [1.165, 1.54) is 6.42 Å². The second-order valence-corrected chi connectivity index (χ2v) is 11.3. The van der Waals surface area contributed by atoms with Crippen LogP contribution >= 0.6 is 0 Å². The Balaban J connectivity index is 1.24. The lowest BCUT2D eigenvalue weighted by Crippen LogP contribution is -2.56. The molecule has 0 radical (unpaired) electrons. The van der Waals surface area contributed by atoms with Crippen molar-refractivity contribution in [2.45, 2.75) is 38.8 Å². The van der Waals surface area contributed by atoms with Gasteiger partial charge in [0, 0.05) is 60.8 Å². The number of anilines is 1. The third-order valence-electron chi connectivity index (χ3n) is 8.88. The van der Waals surface area contributed by atoms with Crippen molar-refractivity contribution in [2.24, 2.45) is 5.92 Å². The Morgan fingerprint density at radius 3 is 2.61 bits per heavy atom. The topological polar surface area (TPSA) is 70.1 Å². The van der Waals surface area contributed by atoms with Crippen LogP contribution in [0.15, 0.2) is 67.1 Å². The van der Waals surface area contributed by atoms with Crippen LogP contribution in [0.5, 0.6) is 0 Å². The van der Waals surface area contributed by atoms with E-state index in [0.717, 1.165) is 59.2 Å². The zero-order valence-corrected chi connectivity index (χ0v) is 21.8. The second-order valence-electron chi connectivity index (χ2n) is 11.3. The smallest absolute Gasteiger partial charge is 0.227 e. The summed E-state index contributed by atoms with van der Waals surface area (Å²) in [5, 5.41) is 9.16. The number of hydrogen-bond acceptors (Lipinski definition) is 4.